The summed E-state index contributed by atoms with van der Waals surface area (Å²) in [6.07, 6.45) is 6.23. The Morgan fingerprint density at radius 3 is 2.69 bits per heavy atom. The quantitative estimate of drug-likeness (QED) is 0.544. The number of morpholine rings is 1. The van der Waals surface area contributed by atoms with Crippen LogP contribution < -0.4 is 10.6 Å². The van der Waals surface area contributed by atoms with E-state index in [4.69, 9.17) is 15.5 Å². The minimum Gasteiger partial charge on any atom is -0.382 e. The molecule has 2 saturated heterocycles. The van der Waals surface area contributed by atoms with E-state index in [9.17, 15) is 0 Å². The van der Waals surface area contributed by atoms with E-state index in [0.29, 0.717) is 17.3 Å². The SMILES string of the molecule is Cn1nccc1-c1cc(N2CC3CCC(C2)O3)nc2c1c(N)nn2-c1ccn[nH]1. The molecule has 148 valence electrons. The van der Waals surface area contributed by atoms with E-state index < -0.39 is 0 Å². The standard InChI is InChI=1S/C19H21N9O/c1-26-14(4-7-22-26)13-8-16(27-9-11-2-3-12(10-27)29-11)23-19-17(13)18(20)25-28(19)15-5-6-21-24-15/h4-8,11-12H,2-3,9-10H2,1H3,(H2,20,25)(H,21,24). The second-order valence-corrected chi connectivity index (χ2v) is 7.67. The Labute approximate surface area is 166 Å². The van der Waals surface area contributed by atoms with Crippen molar-refractivity contribution in [3.63, 3.8) is 0 Å². The summed E-state index contributed by atoms with van der Waals surface area (Å²) >= 11 is 0. The van der Waals surface area contributed by atoms with Gasteiger partial charge in [-0.05, 0) is 25.0 Å². The van der Waals surface area contributed by atoms with Gasteiger partial charge in [0.2, 0.25) is 0 Å². The first-order valence-electron chi connectivity index (χ1n) is 9.75. The molecule has 4 aromatic heterocycles. The molecule has 0 radical (unpaired) electrons. The van der Waals surface area contributed by atoms with Crippen LogP contribution in [0.5, 0.6) is 0 Å². The van der Waals surface area contributed by atoms with Crippen molar-refractivity contribution in [1.82, 2.24) is 34.7 Å². The molecule has 0 aliphatic carbocycles. The monoisotopic (exact) mass is 391 g/mol. The van der Waals surface area contributed by atoms with Crippen molar-refractivity contribution >= 4 is 22.7 Å². The number of nitrogens with zero attached hydrogens (tertiary/aromatic N) is 7. The maximum Gasteiger partial charge on any atom is 0.169 e. The molecule has 0 aromatic carbocycles. The van der Waals surface area contributed by atoms with Gasteiger partial charge in [0.25, 0.3) is 0 Å². The van der Waals surface area contributed by atoms with Gasteiger partial charge in [0.1, 0.15) is 5.82 Å². The Bertz CT molecular complexity index is 1180. The van der Waals surface area contributed by atoms with Crippen LogP contribution in [0.2, 0.25) is 0 Å². The summed E-state index contributed by atoms with van der Waals surface area (Å²) in [6, 6.07) is 5.92. The summed E-state index contributed by atoms with van der Waals surface area (Å²) in [7, 11) is 1.92. The summed E-state index contributed by atoms with van der Waals surface area (Å²) < 4.78 is 9.57. The maximum absolute atomic E-state index is 6.35. The topological polar surface area (TPSA) is 116 Å². The number of rotatable bonds is 3. The predicted octanol–water partition coefficient (Wildman–Crippen LogP) is 1.49. The highest BCUT2D eigenvalue weighted by Gasteiger charge is 2.35. The lowest BCUT2D eigenvalue weighted by atomic mass is 10.1. The zero-order valence-corrected chi connectivity index (χ0v) is 16.0. The van der Waals surface area contributed by atoms with Gasteiger partial charge in [-0.2, -0.15) is 14.9 Å². The Morgan fingerprint density at radius 2 is 2.00 bits per heavy atom. The minimum atomic E-state index is 0.272. The van der Waals surface area contributed by atoms with Crippen LogP contribution in [0.25, 0.3) is 28.1 Å². The molecule has 0 saturated carbocycles. The highest BCUT2D eigenvalue weighted by molar-refractivity contribution is 6.01. The molecule has 2 aliphatic heterocycles. The van der Waals surface area contributed by atoms with Crippen molar-refractivity contribution < 1.29 is 4.74 Å². The van der Waals surface area contributed by atoms with Crippen LogP contribution in [0.15, 0.2) is 30.6 Å². The lowest BCUT2D eigenvalue weighted by molar-refractivity contribution is 0.0302. The van der Waals surface area contributed by atoms with Gasteiger partial charge in [0, 0.05) is 38.0 Å². The smallest absolute Gasteiger partial charge is 0.169 e. The number of ether oxygens (including phenoxy) is 1. The number of H-pyrrole nitrogens is 1. The Kier molecular flexibility index (Phi) is 3.45. The molecule has 2 atom stereocenters. The van der Waals surface area contributed by atoms with E-state index in [-0.39, 0.29) is 12.2 Å². The van der Waals surface area contributed by atoms with Crippen LogP contribution in [-0.4, -0.2) is 60.0 Å². The van der Waals surface area contributed by atoms with Gasteiger partial charge in [-0.15, -0.1) is 5.10 Å². The molecule has 10 nitrogen and oxygen atoms in total. The number of nitrogens with two attached hydrogens (primary N) is 1. The first-order chi connectivity index (χ1) is 14.2. The normalized spacial score (nSPS) is 21.3. The molecule has 10 heteroatoms. The van der Waals surface area contributed by atoms with Crippen molar-refractivity contribution in [2.24, 2.45) is 7.05 Å². The molecule has 2 unspecified atom stereocenters. The Balaban J connectivity index is 1.59. The fraction of sp³-hybridized carbons (Fsp3) is 0.368. The maximum atomic E-state index is 6.35. The van der Waals surface area contributed by atoms with Crippen LogP contribution in [-0.2, 0) is 11.8 Å². The van der Waals surface area contributed by atoms with Gasteiger partial charge in [-0.3, -0.25) is 9.78 Å². The molecule has 29 heavy (non-hydrogen) atoms. The molecular weight excluding hydrogens is 370 g/mol. The van der Waals surface area contributed by atoms with Gasteiger partial charge >= 0.3 is 0 Å². The van der Waals surface area contributed by atoms with Crippen molar-refractivity contribution in [1.29, 1.82) is 0 Å². The number of aryl methyl sites for hydroxylation is 1. The second-order valence-electron chi connectivity index (χ2n) is 7.67. The number of aromatic amines is 1. The molecular formula is C19H21N9O. The Hall–Kier alpha value is -3.40. The van der Waals surface area contributed by atoms with E-state index >= 15 is 0 Å². The summed E-state index contributed by atoms with van der Waals surface area (Å²) in [5.41, 5.74) is 8.98. The Morgan fingerprint density at radius 1 is 1.17 bits per heavy atom. The molecule has 4 aromatic rings. The van der Waals surface area contributed by atoms with E-state index in [2.05, 4.69) is 31.4 Å². The first-order valence-corrected chi connectivity index (χ1v) is 9.75. The lowest BCUT2D eigenvalue weighted by Gasteiger charge is -2.33. The highest BCUT2D eigenvalue weighted by atomic mass is 16.5. The number of aromatic nitrogens is 7. The van der Waals surface area contributed by atoms with Crippen LogP contribution in [0.4, 0.5) is 11.6 Å². The number of anilines is 2. The number of nitrogens with one attached hydrogen (secondary N) is 1. The molecule has 6 heterocycles. The third-order valence-corrected chi connectivity index (χ3v) is 5.83. The van der Waals surface area contributed by atoms with Crippen molar-refractivity contribution in [2.75, 3.05) is 23.7 Å². The lowest BCUT2D eigenvalue weighted by Crippen LogP contribution is -2.43. The van der Waals surface area contributed by atoms with E-state index in [0.717, 1.165) is 48.4 Å². The summed E-state index contributed by atoms with van der Waals surface area (Å²) in [4.78, 5) is 7.30. The number of hydrogen-bond acceptors (Lipinski definition) is 7. The van der Waals surface area contributed by atoms with Crippen LogP contribution in [0.1, 0.15) is 12.8 Å². The number of fused-ring (bicyclic) bond motifs is 3. The van der Waals surface area contributed by atoms with E-state index in [1.165, 1.54) is 0 Å². The zero-order valence-electron chi connectivity index (χ0n) is 16.0. The number of pyridine rings is 1. The molecule has 3 N–H and O–H groups in total. The summed E-state index contributed by atoms with van der Waals surface area (Å²) in [5, 5.41) is 16.7. The first kappa shape index (κ1) is 16.5. The van der Waals surface area contributed by atoms with Gasteiger partial charge < -0.3 is 15.4 Å². The van der Waals surface area contributed by atoms with Gasteiger partial charge in [-0.1, -0.05) is 0 Å². The van der Waals surface area contributed by atoms with Gasteiger partial charge in [0.15, 0.2) is 17.3 Å². The number of nitrogen functional groups attached to an aromatic ring is 1. The molecule has 2 aliphatic rings. The summed E-state index contributed by atoms with van der Waals surface area (Å²) in [6.45, 7) is 1.68. The van der Waals surface area contributed by atoms with Crippen LogP contribution in [0, 0.1) is 0 Å². The molecule has 0 amide bonds. The third-order valence-electron chi connectivity index (χ3n) is 5.83. The van der Waals surface area contributed by atoms with Gasteiger partial charge in [-0.25, -0.2) is 4.98 Å². The zero-order chi connectivity index (χ0) is 19.5. The van der Waals surface area contributed by atoms with Crippen molar-refractivity contribution in [3.8, 4) is 17.1 Å². The highest BCUT2D eigenvalue weighted by Crippen LogP contribution is 2.37. The van der Waals surface area contributed by atoms with Crippen LogP contribution >= 0.6 is 0 Å². The summed E-state index contributed by atoms with van der Waals surface area (Å²) in [5.74, 6) is 2.04. The minimum absolute atomic E-state index is 0.272. The molecule has 2 fully saturated rings. The third kappa shape index (κ3) is 2.52. The molecule has 2 bridgehead atoms. The van der Waals surface area contributed by atoms with E-state index in [1.54, 1.807) is 17.1 Å². The van der Waals surface area contributed by atoms with Crippen molar-refractivity contribution in [2.45, 2.75) is 25.0 Å². The molecule has 0 spiro atoms. The fourth-order valence-corrected chi connectivity index (χ4v) is 4.47. The molecule has 6 rings (SSSR count). The fourth-order valence-electron chi connectivity index (χ4n) is 4.47. The number of hydrogen-bond donors (Lipinski definition) is 2. The van der Waals surface area contributed by atoms with Crippen molar-refractivity contribution in [3.05, 3.63) is 30.6 Å². The largest absolute Gasteiger partial charge is 0.382 e. The predicted molar refractivity (Wildman–Crippen MR) is 108 cm³/mol. The average Bonchev–Trinajstić information content (AvgIpc) is 3.50. The second kappa shape index (κ2) is 6.05. The average molecular weight is 391 g/mol. The van der Waals surface area contributed by atoms with E-state index in [1.807, 2.05) is 23.9 Å². The van der Waals surface area contributed by atoms with Crippen LogP contribution in [0.3, 0.4) is 0 Å². The van der Waals surface area contributed by atoms with Gasteiger partial charge in [0.05, 0.1) is 29.5 Å².